The number of halogens is 2. The van der Waals surface area contributed by atoms with Crippen molar-refractivity contribution in [3.05, 3.63) is 25.9 Å². The van der Waals surface area contributed by atoms with Crippen LogP contribution in [0.2, 0.25) is 8.67 Å². The van der Waals surface area contributed by atoms with Gasteiger partial charge in [0.2, 0.25) is 5.91 Å². The minimum atomic E-state index is -3.97. The lowest BCUT2D eigenvalue weighted by Gasteiger charge is -2.23. The zero-order valence-corrected chi connectivity index (χ0v) is 14.7. The fourth-order valence-corrected chi connectivity index (χ4v) is 5.45. The standard InChI is InChI=1S/C13H15Cl2NO3S2/c1-7-3-4-9(5-8(7)2)13(17)16-21(18,19)10-6-11(14)20-12(10)15/h6,9H,3-5H2,1-2H3,(H,16,17). The summed E-state index contributed by atoms with van der Waals surface area (Å²) in [4.78, 5) is 12.0. The molecule has 1 heterocycles. The lowest BCUT2D eigenvalue weighted by molar-refractivity contribution is -0.123. The largest absolute Gasteiger partial charge is 0.274 e. The van der Waals surface area contributed by atoms with E-state index in [-0.39, 0.29) is 19.5 Å². The van der Waals surface area contributed by atoms with E-state index in [1.807, 2.05) is 13.8 Å². The third kappa shape index (κ3) is 3.80. The molecule has 21 heavy (non-hydrogen) atoms. The molecule has 0 radical (unpaired) electrons. The Balaban J connectivity index is 2.14. The molecule has 1 aromatic heterocycles. The SMILES string of the molecule is CC1=C(C)CC(C(=O)NS(=O)(=O)c2cc(Cl)sc2Cl)CC1. The number of carbonyl (C=O) groups is 1. The van der Waals surface area contributed by atoms with Crippen molar-refractivity contribution in [2.24, 2.45) is 5.92 Å². The minimum Gasteiger partial charge on any atom is -0.274 e. The number of sulfonamides is 1. The number of hydrogen-bond donors (Lipinski definition) is 1. The first-order valence-corrected chi connectivity index (χ1v) is 9.43. The second kappa shape index (κ2) is 6.28. The Morgan fingerprint density at radius 1 is 1.33 bits per heavy atom. The Kier molecular flexibility index (Phi) is 5.03. The molecule has 0 aromatic carbocycles. The summed E-state index contributed by atoms with van der Waals surface area (Å²) in [6.45, 7) is 4.01. The van der Waals surface area contributed by atoms with Crippen molar-refractivity contribution < 1.29 is 13.2 Å². The molecule has 1 amide bonds. The summed E-state index contributed by atoms with van der Waals surface area (Å²) in [5, 5.41) is 0. The van der Waals surface area contributed by atoms with Crippen molar-refractivity contribution in [2.45, 2.75) is 38.0 Å². The zero-order chi connectivity index (χ0) is 15.8. The maximum atomic E-state index is 12.2. The third-order valence-corrected chi connectivity index (χ3v) is 6.77. The highest BCUT2D eigenvalue weighted by Gasteiger charge is 2.29. The summed E-state index contributed by atoms with van der Waals surface area (Å²) in [7, 11) is -3.97. The highest BCUT2D eigenvalue weighted by atomic mass is 35.5. The normalized spacial score (nSPS) is 19.7. The quantitative estimate of drug-likeness (QED) is 0.821. The monoisotopic (exact) mass is 367 g/mol. The third-order valence-electron chi connectivity index (χ3n) is 3.67. The first kappa shape index (κ1) is 16.8. The molecule has 0 saturated heterocycles. The van der Waals surface area contributed by atoms with Crippen molar-refractivity contribution in [2.75, 3.05) is 0 Å². The van der Waals surface area contributed by atoms with Crippen molar-refractivity contribution in [1.82, 2.24) is 4.72 Å². The Labute approximate surface area is 138 Å². The molecule has 1 unspecified atom stereocenters. The van der Waals surface area contributed by atoms with Gasteiger partial charge in [-0.2, -0.15) is 0 Å². The smallest absolute Gasteiger partial charge is 0.266 e. The molecular weight excluding hydrogens is 353 g/mol. The Hall–Kier alpha value is -0.560. The molecule has 116 valence electrons. The predicted molar refractivity (Wildman–Crippen MR) is 85.4 cm³/mol. The van der Waals surface area contributed by atoms with Crippen molar-refractivity contribution in [1.29, 1.82) is 0 Å². The molecular formula is C13H15Cl2NO3S2. The molecule has 0 saturated carbocycles. The van der Waals surface area contributed by atoms with Crippen molar-refractivity contribution in [3.8, 4) is 0 Å². The fourth-order valence-electron chi connectivity index (χ4n) is 2.25. The molecule has 0 bridgehead atoms. The van der Waals surface area contributed by atoms with Crippen LogP contribution in [-0.4, -0.2) is 14.3 Å². The maximum Gasteiger partial charge on any atom is 0.266 e. The van der Waals surface area contributed by atoms with Crippen LogP contribution in [0.4, 0.5) is 0 Å². The summed E-state index contributed by atoms with van der Waals surface area (Å²) in [5.41, 5.74) is 2.42. The molecule has 1 aromatic rings. The van der Waals surface area contributed by atoms with Gasteiger partial charge in [-0.15, -0.1) is 11.3 Å². The highest BCUT2D eigenvalue weighted by molar-refractivity contribution is 7.90. The minimum absolute atomic E-state index is 0.0517. The van der Waals surface area contributed by atoms with Crippen LogP contribution in [0.25, 0.3) is 0 Å². The number of hydrogen-bond acceptors (Lipinski definition) is 4. The average Bonchev–Trinajstić information content (AvgIpc) is 2.72. The zero-order valence-electron chi connectivity index (χ0n) is 11.6. The topological polar surface area (TPSA) is 63.2 Å². The van der Waals surface area contributed by atoms with E-state index in [0.717, 1.165) is 23.3 Å². The fraction of sp³-hybridized carbons (Fsp3) is 0.462. The van der Waals surface area contributed by atoms with Gasteiger partial charge >= 0.3 is 0 Å². The van der Waals surface area contributed by atoms with Crippen LogP contribution in [0, 0.1) is 5.92 Å². The van der Waals surface area contributed by atoms with Crippen molar-refractivity contribution >= 4 is 50.5 Å². The number of thiophene rings is 1. The van der Waals surface area contributed by atoms with Gasteiger partial charge in [0.25, 0.3) is 10.0 Å². The summed E-state index contributed by atoms with van der Waals surface area (Å²) >= 11 is 12.5. The molecule has 8 heteroatoms. The molecule has 0 aliphatic heterocycles. The van der Waals surface area contributed by atoms with Gasteiger partial charge in [-0.05, 0) is 39.2 Å². The molecule has 0 fully saturated rings. The van der Waals surface area contributed by atoms with Gasteiger partial charge in [-0.1, -0.05) is 34.3 Å². The van der Waals surface area contributed by atoms with Gasteiger partial charge in [0.1, 0.15) is 9.23 Å². The van der Waals surface area contributed by atoms with Crippen LogP contribution in [-0.2, 0) is 14.8 Å². The molecule has 1 aliphatic carbocycles. The maximum absolute atomic E-state index is 12.2. The second-order valence-electron chi connectivity index (χ2n) is 5.16. The lowest BCUT2D eigenvalue weighted by atomic mass is 9.85. The van der Waals surface area contributed by atoms with Crippen LogP contribution >= 0.6 is 34.5 Å². The Bertz CT molecular complexity index is 707. The van der Waals surface area contributed by atoms with Gasteiger partial charge in [-0.25, -0.2) is 13.1 Å². The van der Waals surface area contributed by atoms with E-state index < -0.39 is 15.9 Å². The van der Waals surface area contributed by atoms with E-state index in [9.17, 15) is 13.2 Å². The van der Waals surface area contributed by atoms with E-state index >= 15 is 0 Å². The number of carbonyl (C=O) groups excluding carboxylic acids is 1. The summed E-state index contributed by atoms with van der Waals surface area (Å²) in [6, 6.07) is 1.25. The van der Waals surface area contributed by atoms with E-state index in [1.54, 1.807) is 0 Å². The van der Waals surface area contributed by atoms with Gasteiger partial charge in [-0.3, -0.25) is 4.79 Å². The van der Waals surface area contributed by atoms with Crippen LogP contribution in [0.3, 0.4) is 0 Å². The molecule has 4 nitrogen and oxygen atoms in total. The van der Waals surface area contributed by atoms with Crippen LogP contribution in [0.5, 0.6) is 0 Å². The Morgan fingerprint density at radius 3 is 2.52 bits per heavy atom. The first-order chi connectivity index (χ1) is 9.70. The van der Waals surface area contributed by atoms with E-state index in [2.05, 4.69) is 4.72 Å². The molecule has 1 N–H and O–H groups in total. The van der Waals surface area contributed by atoms with E-state index in [0.29, 0.717) is 12.8 Å². The predicted octanol–water partition coefficient (Wildman–Crippen LogP) is 4.00. The first-order valence-electron chi connectivity index (χ1n) is 6.37. The molecule has 1 atom stereocenters. The van der Waals surface area contributed by atoms with Crippen LogP contribution < -0.4 is 4.72 Å². The molecule has 2 rings (SSSR count). The highest BCUT2D eigenvalue weighted by Crippen LogP contribution is 2.34. The molecule has 1 aliphatic rings. The number of rotatable bonds is 3. The summed E-state index contributed by atoms with van der Waals surface area (Å²) in [5.74, 6) is -0.809. The van der Waals surface area contributed by atoms with Gasteiger partial charge in [0.05, 0.1) is 4.34 Å². The van der Waals surface area contributed by atoms with E-state index in [1.165, 1.54) is 11.6 Å². The van der Waals surface area contributed by atoms with Crippen LogP contribution in [0.1, 0.15) is 33.1 Å². The summed E-state index contributed by atoms with van der Waals surface area (Å²) in [6.07, 6.45) is 2.06. The molecule has 0 spiro atoms. The average molecular weight is 368 g/mol. The van der Waals surface area contributed by atoms with E-state index in [4.69, 9.17) is 23.2 Å². The number of amides is 1. The van der Waals surface area contributed by atoms with Crippen molar-refractivity contribution in [3.63, 3.8) is 0 Å². The lowest BCUT2D eigenvalue weighted by Crippen LogP contribution is -2.36. The van der Waals surface area contributed by atoms with Gasteiger partial charge in [0, 0.05) is 5.92 Å². The second-order valence-corrected chi connectivity index (χ2v) is 9.10. The summed E-state index contributed by atoms with van der Waals surface area (Å²) < 4.78 is 26.8. The number of nitrogens with one attached hydrogen (secondary N) is 1. The van der Waals surface area contributed by atoms with Crippen LogP contribution in [0.15, 0.2) is 22.1 Å². The van der Waals surface area contributed by atoms with Gasteiger partial charge < -0.3 is 0 Å². The Morgan fingerprint density at radius 2 is 2.00 bits per heavy atom. The number of allylic oxidation sites excluding steroid dienone is 2. The van der Waals surface area contributed by atoms with Gasteiger partial charge in [0.15, 0.2) is 0 Å².